The van der Waals surface area contributed by atoms with Gasteiger partial charge in [0.2, 0.25) is 11.7 Å². The van der Waals surface area contributed by atoms with Crippen LogP contribution in [-0.4, -0.2) is 43.9 Å². The number of nitrogens with zero attached hydrogens (tertiary/aromatic N) is 4. The molecule has 3 atom stereocenters. The van der Waals surface area contributed by atoms with E-state index in [9.17, 15) is 9.90 Å². The number of nitrogens with one attached hydrogen (secondary N) is 1. The average molecular weight is 393 g/mol. The maximum Gasteiger partial charge on any atom is 0.246 e. The zero-order valence-electron chi connectivity index (χ0n) is 17.0. The lowest BCUT2D eigenvalue weighted by Gasteiger charge is -2.33. The number of amides is 1. The molecule has 0 fully saturated rings. The van der Waals surface area contributed by atoms with Crippen LogP contribution in [0.3, 0.4) is 0 Å². The molecule has 1 heterocycles. The number of carbonyl (C=O) groups excluding carboxylic acids is 1. The largest absolute Gasteiger partial charge is 0.393 e. The van der Waals surface area contributed by atoms with Crippen LogP contribution in [-0.2, 0) is 11.2 Å². The highest BCUT2D eigenvalue weighted by Crippen LogP contribution is 2.26. The Bertz CT molecular complexity index is 927. The summed E-state index contributed by atoms with van der Waals surface area (Å²) >= 11 is 0. The first kappa shape index (κ1) is 20.7. The molecule has 7 heteroatoms. The van der Waals surface area contributed by atoms with Crippen molar-refractivity contribution in [1.82, 2.24) is 25.5 Å². The summed E-state index contributed by atoms with van der Waals surface area (Å²) in [6, 6.07) is 18.8. The fraction of sp³-hybridized carbons (Fsp3) is 0.364. The highest BCUT2D eigenvalue weighted by Gasteiger charge is 2.32. The van der Waals surface area contributed by atoms with E-state index < -0.39 is 17.6 Å². The van der Waals surface area contributed by atoms with Gasteiger partial charge in [-0.15, -0.1) is 10.2 Å². The molecule has 2 N–H and O–H groups in total. The SMILES string of the molecule is C[C@H](C(=O)NC[C@](C)(Cc1ccccc1)[C@H](C)O)n1nnc(-c2ccccc2)n1. The number of tetrazole rings is 1. The number of aliphatic hydroxyl groups excluding tert-OH is 1. The summed E-state index contributed by atoms with van der Waals surface area (Å²) in [6.07, 6.45) is 0.0624. The molecular formula is C22H27N5O2. The quantitative estimate of drug-likeness (QED) is 0.614. The van der Waals surface area contributed by atoms with Crippen LogP contribution in [0.15, 0.2) is 60.7 Å². The van der Waals surface area contributed by atoms with E-state index in [-0.39, 0.29) is 5.91 Å². The Morgan fingerprint density at radius 1 is 1.10 bits per heavy atom. The summed E-state index contributed by atoms with van der Waals surface area (Å²) in [7, 11) is 0. The zero-order chi connectivity index (χ0) is 20.9. The van der Waals surface area contributed by atoms with Crippen molar-refractivity contribution < 1.29 is 9.90 Å². The van der Waals surface area contributed by atoms with Gasteiger partial charge in [0.25, 0.3) is 0 Å². The number of carbonyl (C=O) groups is 1. The van der Waals surface area contributed by atoms with E-state index in [0.29, 0.717) is 18.8 Å². The van der Waals surface area contributed by atoms with E-state index in [1.165, 1.54) is 4.80 Å². The van der Waals surface area contributed by atoms with Gasteiger partial charge in [-0.2, -0.15) is 4.80 Å². The van der Waals surface area contributed by atoms with Crippen molar-refractivity contribution in [2.45, 2.75) is 39.3 Å². The first-order valence-electron chi connectivity index (χ1n) is 9.74. The van der Waals surface area contributed by atoms with Gasteiger partial charge in [0.05, 0.1) is 6.10 Å². The van der Waals surface area contributed by atoms with Crippen LogP contribution in [0.2, 0.25) is 0 Å². The number of hydrogen-bond acceptors (Lipinski definition) is 5. The van der Waals surface area contributed by atoms with Gasteiger partial charge in [0.1, 0.15) is 6.04 Å². The predicted molar refractivity (Wildman–Crippen MR) is 111 cm³/mol. The molecule has 7 nitrogen and oxygen atoms in total. The van der Waals surface area contributed by atoms with Crippen LogP contribution < -0.4 is 5.32 Å². The van der Waals surface area contributed by atoms with Crippen LogP contribution in [0.25, 0.3) is 11.4 Å². The van der Waals surface area contributed by atoms with Crippen molar-refractivity contribution in [3.63, 3.8) is 0 Å². The maximum atomic E-state index is 12.7. The Labute approximate surface area is 170 Å². The molecule has 2 aromatic carbocycles. The number of hydrogen-bond donors (Lipinski definition) is 2. The van der Waals surface area contributed by atoms with Crippen molar-refractivity contribution in [3.05, 3.63) is 66.2 Å². The summed E-state index contributed by atoms with van der Waals surface area (Å²) < 4.78 is 0. The molecule has 0 spiro atoms. The first-order chi connectivity index (χ1) is 13.9. The summed E-state index contributed by atoms with van der Waals surface area (Å²) in [4.78, 5) is 14.0. The molecule has 0 aliphatic heterocycles. The smallest absolute Gasteiger partial charge is 0.246 e. The molecule has 0 aliphatic rings. The van der Waals surface area contributed by atoms with E-state index in [4.69, 9.17) is 0 Å². The highest BCUT2D eigenvalue weighted by molar-refractivity contribution is 5.79. The summed E-state index contributed by atoms with van der Waals surface area (Å²) in [5.74, 6) is 0.255. The summed E-state index contributed by atoms with van der Waals surface area (Å²) in [5, 5.41) is 25.7. The van der Waals surface area contributed by atoms with Gasteiger partial charge in [-0.3, -0.25) is 4.79 Å². The van der Waals surface area contributed by atoms with E-state index >= 15 is 0 Å². The topological polar surface area (TPSA) is 92.9 Å². The molecule has 152 valence electrons. The Kier molecular flexibility index (Phi) is 6.39. The van der Waals surface area contributed by atoms with Crippen molar-refractivity contribution >= 4 is 5.91 Å². The average Bonchev–Trinajstić information content (AvgIpc) is 3.23. The Hall–Kier alpha value is -3.06. The van der Waals surface area contributed by atoms with Crippen molar-refractivity contribution in [3.8, 4) is 11.4 Å². The van der Waals surface area contributed by atoms with E-state index in [1.807, 2.05) is 67.6 Å². The van der Waals surface area contributed by atoms with E-state index in [1.54, 1.807) is 13.8 Å². The second kappa shape index (κ2) is 8.96. The number of aliphatic hydroxyl groups is 1. The lowest BCUT2D eigenvalue weighted by Crippen LogP contribution is -2.45. The fourth-order valence-corrected chi connectivity index (χ4v) is 3.05. The normalized spacial score (nSPS) is 15.3. The molecule has 0 unspecified atom stereocenters. The standard InChI is InChI=1S/C22H27N5O2/c1-16(27-25-20(24-26-27)19-12-8-5-9-13-19)21(29)23-15-22(3,17(2)28)14-18-10-6-4-7-11-18/h4-13,16-17,28H,14-15H2,1-3H3,(H,23,29)/t16-,17+,22+/m1/s1. The monoisotopic (exact) mass is 393 g/mol. The molecular weight excluding hydrogens is 366 g/mol. The molecule has 3 aromatic rings. The highest BCUT2D eigenvalue weighted by atomic mass is 16.3. The van der Waals surface area contributed by atoms with Crippen LogP contribution in [0.4, 0.5) is 0 Å². The molecule has 1 aromatic heterocycles. The Morgan fingerprint density at radius 2 is 1.72 bits per heavy atom. The second-order valence-corrected chi connectivity index (χ2v) is 7.69. The van der Waals surface area contributed by atoms with Crippen LogP contribution in [0, 0.1) is 5.41 Å². The van der Waals surface area contributed by atoms with Crippen molar-refractivity contribution in [2.75, 3.05) is 6.54 Å². The fourth-order valence-electron chi connectivity index (χ4n) is 3.05. The van der Waals surface area contributed by atoms with Crippen molar-refractivity contribution in [2.24, 2.45) is 5.41 Å². The first-order valence-corrected chi connectivity index (χ1v) is 9.74. The Morgan fingerprint density at radius 3 is 2.34 bits per heavy atom. The lowest BCUT2D eigenvalue weighted by atomic mass is 9.79. The van der Waals surface area contributed by atoms with Gasteiger partial charge < -0.3 is 10.4 Å². The molecule has 1 amide bonds. The van der Waals surface area contributed by atoms with Gasteiger partial charge in [-0.25, -0.2) is 0 Å². The summed E-state index contributed by atoms with van der Waals surface area (Å²) in [5.41, 5.74) is 1.46. The molecule has 3 rings (SSSR count). The third-order valence-electron chi connectivity index (χ3n) is 5.31. The molecule has 0 saturated heterocycles. The minimum absolute atomic E-state index is 0.220. The zero-order valence-corrected chi connectivity index (χ0v) is 17.0. The molecule has 0 radical (unpaired) electrons. The minimum atomic E-state index is -0.616. The Balaban J connectivity index is 1.65. The van der Waals surface area contributed by atoms with Crippen LogP contribution >= 0.6 is 0 Å². The van der Waals surface area contributed by atoms with Gasteiger partial charge in [0.15, 0.2) is 0 Å². The molecule has 29 heavy (non-hydrogen) atoms. The third kappa shape index (κ3) is 5.06. The maximum absolute atomic E-state index is 12.7. The van der Waals surface area contributed by atoms with Gasteiger partial charge in [-0.05, 0) is 31.0 Å². The van der Waals surface area contributed by atoms with E-state index in [0.717, 1.165) is 11.1 Å². The molecule has 0 bridgehead atoms. The lowest BCUT2D eigenvalue weighted by molar-refractivity contribution is -0.125. The van der Waals surface area contributed by atoms with Crippen LogP contribution in [0.5, 0.6) is 0 Å². The number of benzene rings is 2. The van der Waals surface area contributed by atoms with Crippen molar-refractivity contribution in [1.29, 1.82) is 0 Å². The second-order valence-electron chi connectivity index (χ2n) is 7.69. The predicted octanol–water partition coefficient (Wildman–Crippen LogP) is 2.65. The minimum Gasteiger partial charge on any atom is -0.393 e. The number of aromatic nitrogens is 4. The van der Waals surface area contributed by atoms with Gasteiger partial charge >= 0.3 is 0 Å². The van der Waals surface area contributed by atoms with Gasteiger partial charge in [0, 0.05) is 17.5 Å². The molecule has 0 saturated carbocycles. The van der Waals surface area contributed by atoms with Crippen LogP contribution in [0.1, 0.15) is 32.4 Å². The van der Waals surface area contributed by atoms with Gasteiger partial charge in [-0.1, -0.05) is 67.6 Å². The third-order valence-corrected chi connectivity index (χ3v) is 5.31. The summed E-state index contributed by atoms with van der Waals surface area (Å²) in [6.45, 7) is 5.78. The van der Waals surface area contributed by atoms with E-state index in [2.05, 4.69) is 20.7 Å². The molecule has 0 aliphatic carbocycles. The number of rotatable bonds is 8.